The lowest BCUT2D eigenvalue weighted by molar-refractivity contribution is -0.171. The summed E-state index contributed by atoms with van der Waals surface area (Å²) in [6.45, 7) is 4.48. The molecule has 0 heterocycles. The second-order valence-electron chi connectivity index (χ2n) is 15.3. The van der Waals surface area contributed by atoms with E-state index in [0.717, 1.165) is 0 Å². The first-order valence-corrected chi connectivity index (χ1v) is 21.6. The highest BCUT2D eigenvalue weighted by Crippen LogP contribution is 2.10. The summed E-state index contributed by atoms with van der Waals surface area (Å²) in [4.78, 5) is 110. The Labute approximate surface area is 387 Å². The lowest BCUT2D eigenvalue weighted by Crippen LogP contribution is -2.34. The van der Waals surface area contributed by atoms with Gasteiger partial charge in [-0.3, -0.25) is 43.2 Å². The molecule has 0 aromatic carbocycles. The average Bonchev–Trinajstić information content (AvgIpc) is 3.20. The lowest BCUT2D eigenvalue weighted by atomic mass is 10.2. The van der Waals surface area contributed by atoms with E-state index in [1.807, 2.05) is 0 Å². The van der Waals surface area contributed by atoms with Crippen LogP contribution in [0.1, 0.15) is 99.3 Å². The molecular formula is C42H68O25. The van der Waals surface area contributed by atoms with E-state index in [1.54, 1.807) is 6.92 Å². The smallest absolute Gasteiger partial charge is 0.309 e. The van der Waals surface area contributed by atoms with E-state index in [9.17, 15) is 68.7 Å². The number of hydrogen-bond acceptors (Lipinski definition) is 25. The molecule has 0 aromatic heterocycles. The Morgan fingerprint density at radius 3 is 1.06 bits per heavy atom. The van der Waals surface area contributed by atoms with Crippen molar-refractivity contribution in [1.82, 2.24) is 0 Å². The fraction of sp³-hybridized carbons (Fsp3) is 0.786. The molecular weight excluding hydrogens is 904 g/mol. The van der Waals surface area contributed by atoms with Gasteiger partial charge in [-0.2, -0.15) is 0 Å². The Morgan fingerprint density at radius 2 is 0.657 bits per heavy atom. The number of ether oxygens (including phenoxy) is 11. The molecule has 0 aliphatic rings. The van der Waals surface area contributed by atoms with E-state index in [4.69, 9.17) is 52.1 Å². The maximum Gasteiger partial charge on any atom is 0.309 e. The zero-order valence-corrected chi connectivity index (χ0v) is 38.8. The topological polar surface area (TPSA) is 356 Å². The van der Waals surface area contributed by atoms with Crippen LogP contribution in [0.3, 0.4) is 0 Å². The zero-order chi connectivity index (χ0) is 50.9. The van der Waals surface area contributed by atoms with Crippen LogP contribution in [-0.4, -0.2) is 194 Å². The second kappa shape index (κ2) is 36.1. The van der Waals surface area contributed by atoms with E-state index < -0.39 is 200 Å². The minimum absolute atomic E-state index is 0.125. The highest BCUT2D eigenvalue weighted by atomic mass is 16.6. The molecule has 0 saturated heterocycles. The van der Waals surface area contributed by atoms with Crippen molar-refractivity contribution in [3.05, 3.63) is 0 Å². The number of hydrogen-bond donors (Lipinski definition) is 5. The second-order valence-corrected chi connectivity index (χ2v) is 15.3. The molecule has 0 aliphatic carbocycles. The standard InChI is InChI=1S/C42H68O25/c1-7-59-40(54)16-29(6)64-36(50)10-11-37(51)65-31(20-58-21-33(67-42(56)15-28(5)46)24-63-39(53)13-26(3)44)22-61-34(48)8-9-35(49)62-23-32(66-41(55)14-27(4)45)19-57-17-30(47)18-60-38(52)12-25(2)43/h25-33,43-47H,7-24H2,1-6H3. The Balaban J connectivity index is 5.57. The summed E-state index contributed by atoms with van der Waals surface area (Å²) in [6, 6.07) is 0. The molecule has 386 valence electrons. The molecule has 25 nitrogen and oxygen atoms in total. The van der Waals surface area contributed by atoms with Gasteiger partial charge in [-0.1, -0.05) is 0 Å². The minimum Gasteiger partial charge on any atom is -0.466 e. The molecule has 0 amide bonds. The number of rotatable bonds is 37. The van der Waals surface area contributed by atoms with Crippen LogP contribution in [0.5, 0.6) is 0 Å². The van der Waals surface area contributed by atoms with Gasteiger partial charge in [-0.05, 0) is 41.5 Å². The minimum atomic E-state index is -1.37. The van der Waals surface area contributed by atoms with Crippen molar-refractivity contribution in [3.8, 4) is 0 Å². The molecule has 9 atom stereocenters. The summed E-state index contributed by atoms with van der Waals surface area (Å²) in [7, 11) is 0. The first-order valence-electron chi connectivity index (χ1n) is 21.6. The first-order chi connectivity index (χ1) is 31.5. The van der Waals surface area contributed by atoms with Gasteiger partial charge in [-0.15, -0.1) is 0 Å². The van der Waals surface area contributed by atoms with E-state index in [2.05, 4.69) is 0 Å². The summed E-state index contributed by atoms with van der Waals surface area (Å²) < 4.78 is 56.8. The largest absolute Gasteiger partial charge is 0.466 e. The normalized spacial score (nSPS) is 15.1. The van der Waals surface area contributed by atoms with Crippen molar-refractivity contribution in [2.45, 2.75) is 154 Å². The third-order valence-electron chi connectivity index (χ3n) is 7.85. The van der Waals surface area contributed by atoms with Crippen molar-refractivity contribution in [2.75, 3.05) is 59.5 Å². The predicted octanol–water partition coefficient (Wildman–Crippen LogP) is -1.18. The van der Waals surface area contributed by atoms with Gasteiger partial charge in [0.15, 0.2) is 18.3 Å². The van der Waals surface area contributed by atoms with Gasteiger partial charge in [0, 0.05) is 0 Å². The molecule has 5 N–H and O–H groups in total. The zero-order valence-electron chi connectivity index (χ0n) is 38.8. The summed E-state index contributed by atoms with van der Waals surface area (Å²) >= 11 is 0. The van der Waals surface area contributed by atoms with Crippen LogP contribution in [0.25, 0.3) is 0 Å². The van der Waals surface area contributed by atoms with E-state index in [0.29, 0.717) is 0 Å². The predicted molar refractivity (Wildman–Crippen MR) is 222 cm³/mol. The molecule has 0 rings (SSSR count). The highest BCUT2D eigenvalue weighted by Gasteiger charge is 2.25. The van der Waals surface area contributed by atoms with Crippen LogP contribution in [-0.2, 0) is 95.3 Å². The van der Waals surface area contributed by atoms with Crippen molar-refractivity contribution >= 4 is 53.7 Å². The maximum absolute atomic E-state index is 12.8. The number of aliphatic hydroxyl groups excluding tert-OH is 5. The molecule has 0 spiro atoms. The van der Waals surface area contributed by atoms with Crippen LogP contribution < -0.4 is 0 Å². The van der Waals surface area contributed by atoms with Crippen LogP contribution >= 0.6 is 0 Å². The van der Waals surface area contributed by atoms with Crippen LogP contribution in [0.2, 0.25) is 0 Å². The monoisotopic (exact) mass is 972 g/mol. The van der Waals surface area contributed by atoms with E-state index in [-0.39, 0.29) is 25.9 Å². The van der Waals surface area contributed by atoms with Crippen molar-refractivity contribution < 1.29 is 121 Å². The Bertz CT molecular complexity index is 1510. The fourth-order valence-corrected chi connectivity index (χ4v) is 4.94. The van der Waals surface area contributed by atoms with Gasteiger partial charge in [0.05, 0.1) is 115 Å². The third kappa shape index (κ3) is 36.7. The lowest BCUT2D eigenvalue weighted by Gasteiger charge is -2.22. The highest BCUT2D eigenvalue weighted by molar-refractivity contribution is 5.79. The number of carbonyl (C=O) groups excluding carboxylic acids is 9. The first kappa shape index (κ1) is 61.9. The molecule has 67 heavy (non-hydrogen) atoms. The number of aliphatic hydroxyl groups is 5. The van der Waals surface area contributed by atoms with E-state index >= 15 is 0 Å². The van der Waals surface area contributed by atoms with Crippen molar-refractivity contribution in [3.63, 3.8) is 0 Å². The quantitative estimate of drug-likeness (QED) is 0.0361. The maximum atomic E-state index is 12.8. The molecule has 25 heteroatoms. The van der Waals surface area contributed by atoms with Gasteiger partial charge in [0.25, 0.3) is 0 Å². The summed E-state index contributed by atoms with van der Waals surface area (Å²) in [5.74, 6) is -7.70. The summed E-state index contributed by atoms with van der Waals surface area (Å²) in [6.07, 6.45) is -14.0. The summed E-state index contributed by atoms with van der Waals surface area (Å²) in [5, 5.41) is 47.8. The van der Waals surface area contributed by atoms with Crippen molar-refractivity contribution in [1.29, 1.82) is 0 Å². The SMILES string of the molecule is CCOC(=O)CC(C)OC(=O)CCC(=O)OC(COCC(COC(=O)CC(C)O)OC(=O)CC(C)O)COC(=O)CCC(=O)OCC(COCC(O)COC(=O)CC(C)O)OC(=O)CC(C)O. The molecule has 0 radical (unpaired) electrons. The fourth-order valence-electron chi connectivity index (χ4n) is 4.94. The van der Waals surface area contributed by atoms with Gasteiger partial charge in [0.2, 0.25) is 0 Å². The van der Waals surface area contributed by atoms with Gasteiger partial charge in [-0.25, -0.2) is 0 Å². The number of carbonyl (C=O) groups is 9. The number of esters is 9. The molecule has 0 saturated carbocycles. The Hall–Kier alpha value is -5.05. The molecule has 0 aromatic rings. The summed E-state index contributed by atoms with van der Waals surface area (Å²) in [5.41, 5.74) is 0. The molecule has 0 fully saturated rings. The van der Waals surface area contributed by atoms with Gasteiger partial charge in [0.1, 0.15) is 38.6 Å². The Kier molecular flexibility index (Phi) is 33.3. The Morgan fingerprint density at radius 1 is 0.343 bits per heavy atom. The average molecular weight is 973 g/mol. The van der Waals surface area contributed by atoms with Gasteiger partial charge >= 0.3 is 53.7 Å². The van der Waals surface area contributed by atoms with Gasteiger partial charge < -0.3 is 77.6 Å². The van der Waals surface area contributed by atoms with Crippen LogP contribution in [0.15, 0.2) is 0 Å². The van der Waals surface area contributed by atoms with Crippen molar-refractivity contribution in [2.24, 2.45) is 0 Å². The van der Waals surface area contributed by atoms with Crippen LogP contribution in [0.4, 0.5) is 0 Å². The molecule has 0 bridgehead atoms. The third-order valence-corrected chi connectivity index (χ3v) is 7.85. The molecule has 9 unspecified atom stereocenters. The van der Waals surface area contributed by atoms with E-state index in [1.165, 1.54) is 34.6 Å². The molecule has 0 aliphatic heterocycles. The van der Waals surface area contributed by atoms with Crippen LogP contribution in [0, 0.1) is 0 Å².